The average Bonchev–Trinajstić information content (AvgIpc) is 3.39. The van der Waals surface area contributed by atoms with E-state index < -0.39 is 0 Å². The second-order valence-corrected chi connectivity index (χ2v) is 9.48. The fraction of sp³-hybridized carbons (Fsp3) is 0.414. The molecule has 190 valence electrons. The number of ether oxygens (including phenoxy) is 1. The van der Waals surface area contributed by atoms with E-state index in [0.717, 1.165) is 24.0 Å². The number of hydrogen-bond acceptors (Lipinski definition) is 5. The summed E-state index contributed by atoms with van der Waals surface area (Å²) in [7, 11) is 0. The molecule has 0 N–H and O–H groups in total. The van der Waals surface area contributed by atoms with Crippen molar-refractivity contribution in [1.82, 2.24) is 9.80 Å². The Morgan fingerprint density at radius 1 is 1.03 bits per heavy atom. The first kappa shape index (κ1) is 25.6. The third-order valence-corrected chi connectivity index (χ3v) is 6.52. The predicted octanol–water partition coefficient (Wildman–Crippen LogP) is 4.44. The molecule has 4 rings (SSSR count). The average molecular weight is 491 g/mol. The standard InChI is InChI=1S/C29H34N2O5/c1-3-8-27(32)31(18-24-11-7-14-35-24)19-28(33)30(16-22-9-5-4-6-10-22)17-23-20-36-26-13-12-21(2)15-25(26)29(23)34/h4-6,9-10,12-13,15,20,24H,3,7-8,11,14,16-19H2,1-2H3. The summed E-state index contributed by atoms with van der Waals surface area (Å²) in [6.45, 7) is 5.33. The molecule has 2 aromatic carbocycles. The van der Waals surface area contributed by atoms with Crippen LogP contribution >= 0.6 is 0 Å². The Bertz CT molecular complexity index is 1250. The third kappa shape index (κ3) is 6.40. The van der Waals surface area contributed by atoms with Crippen LogP contribution in [0.2, 0.25) is 0 Å². The molecule has 1 aliphatic heterocycles. The number of benzene rings is 2. The van der Waals surface area contributed by atoms with E-state index >= 15 is 0 Å². The van der Waals surface area contributed by atoms with Crippen LogP contribution in [-0.4, -0.2) is 47.4 Å². The number of rotatable bonds is 10. The maximum absolute atomic E-state index is 13.6. The highest BCUT2D eigenvalue weighted by molar-refractivity contribution is 5.85. The van der Waals surface area contributed by atoms with Gasteiger partial charge in [0.1, 0.15) is 5.58 Å². The topological polar surface area (TPSA) is 80.1 Å². The van der Waals surface area contributed by atoms with Crippen molar-refractivity contribution in [1.29, 1.82) is 0 Å². The second-order valence-electron chi connectivity index (χ2n) is 9.48. The van der Waals surface area contributed by atoms with Crippen LogP contribution in [-0.2, 0) is 27.4 Å². The van der Waals surface area contributed by atoms with Gasteiger partial charge in [0, 0.05) is 26.1 Å². The van der Waals surface area contributed by atoms with Crippen LogP contribution in [0.3, 0.4) is 0 Å². The summed E-state index contributed by atoms with van der Waals surface area (Å²) >= 11 is 0. The minimum atomic E-state index is -0.218. The van der Waals surface area contributed by atoms with Crippen molar-refractivity contribution in [3.8, 4) is 0 Å². The number of nitrogens with zero attached hydrogens (tertiary/aromatic N) is 2. The van der Waals surface area contributed by atoms with E-state index in [2.05, 4.69) is 0 Å². The fourth-order valence-electron chi connectivity index (χ4n) is 4.56. The van der Waals surface area contributed by atoms with Crippen LogP contribution in [0.25, 0.3) is 11.0 Å². The maximum atomic E-state index is 13.6. The Balaban J connectivity index is 1.60. The van der Waals surface area contributed by atoms with Crippen molar-refractivity contribution in [3.05, 3.63) is 81.7 Å². The molecule has 2 amide bonds. The summed E-state index contributed by atoms with van der Waals surface area (Å²) in [5.74, 6) is -0.272. The Labute approximate surface area is 211 Å². The van der Waals surface area contributed by atoms with E-state index in [1.165, 1.54) is 6.26 Å². The lowest BCUT2D eigenvalue weighted by Gasteiger charge is -2.29. The van der Waals surface area contributed by atoms with Gasteiger partial charge in [0.25, 0.3) is 0 Å². The largest absolute Gasteiger partial charge is 0.464 e. The first-order valence-corrected chi connectivity index (χ1v) is 12.7. The van der Waals surface area contributed by atoms with Crippen molar-refractivity contribution in [3.63, 3.8) is 0 Å². The molecule has 7 nitrogen and oxygen atoms in total. The third-order valence-electron chi connectivity index (χ3n) is 6.52. The number of hydrogen-bond donors (Lipinski definition) is 0. The minimum Gasteiger partial charge on any atom is -0.464 e. The molecule has 1 unspecified atom stereocenters. The molecule has 2 heterocycles. The molecule has 7 heteroatoms. The zero-order valence-electron chi connectivity index (χ0n) is 21.1. The van der Waals surface area contributed by atoms with E-state index in [1.807, 2.05) is 50.2 Å². The molecule has 0 saturated carbocycles. The Kier molecular flexibility index (Phi) is 8.54. The molecular weight excluding hydrogens is 456 g/mol. The summed E-state index contributed by atoms with van der Waals surface area (Å²) in [4.78, 5) is 43.0. The summed E-state index contributed by atoms with van der Waals surface area (Å²) in [6.07, 6.45) is 4.34. The quantitative estimate of drug-likeness (QED) is 0.420. The van der Waals surface area contributed by atoms with Crippen LogP contribution in [0.4, 0.5) is 0 Å². The smallest absolute Gasteiger partial charge is 0.242 e. The van der Waals surface area contributed by atoms with Crippen LogP contribution in [0.1, 0.15) is 49.3 Å². The van der Waals surface area contributed by atoms with Gasteiger partial charge in [-0.1, -0.05) is 48.9 Å². The lowest BCUT2D eigenvalue weighted by molar-refractivity contribution is -0.142. The first-order valence-electron chi connectivity index (χ1n) is 12.7. The number of carbonyl (C=O) groups excluding carboxylic acids is 2. The number of aryl methyl sites for hydroxylation is 1. The molecule has 0 bridgehead atoms. The van der Waals surface area contributed by atoms with Gasteiger partial charge in [0.05, 0.1) is 36.4 Å². The highest BCUT2D eigenvalue weighted by Crippen LogP contribution is 2.17. The van der Waals surface area contributed by atoms with E-state index in [1.54, 1.807) is 21.9 Å². The van der Waals surface area contributed by atoms with Crippen LogP contribution in [0.15, 0.2) is 64.0 Å². The molecule has 1 aromatic heterocycles. The molecule has 1 fully saturated rings. The lowest BCUT2D eigenvalue weighted by Crippen LogP contribution is -2.45. The molecular formula is C29H34N2O5. The summed E-state index contributed by atoms with van der Waals surface area (Å²) in [6, 6.07) is 15.1. The second kappa shape index (κ2) is 12.0. The van der Waals surface area contributed by atoms with Gasteiger partial charge in [-0.3, -0.25) is 14.4 Å². The van der Waals surface area contributed by atoms with Gasteiger partial charge in [-0.25, -0.2) is 0 Å². The number of fused-ring (bicyclic) bond motifs is 1. The van der Waals surface area contributed by atoms with Gasteiger partial charge < -0.3 is 19.0 Å². The zero-order chi connectivity index (χ0) is 25.5. The van der Waals surface area contributed by atoms with Gasteiger partial charge in [-0.15, -0.1) is 0 Å². The molecule has 1 saturated heterocycles. The van der Waals surface area contributed by atoms with Crippen LogP contribution in [0.5, 0.6) is 0 Å². The van der Waals surface area contributed by atoms with Crippen molar-refractivity contribution in [2.45, 2.75) is 58.7 Å². The Morgan fingerprint density at radius 2 is 1.83 bits per heavy atom. The molecule has 0 aliphatic carbocycles. The van der Waals surface area contributed by atoms with E-state index in [0.29, 0.717) is 49.1 Å². The number of amides is 2. The Morgan fingerprint density at radius 3 is 2.56 bits per heavy atom. The minimum absolute atomic E-state index is 0.0445. The zero-order valence-corrected chi connectivity index (χ0v) is 21.1. The van der Waals surface area contributed by atoms with Gasteiger partial charge in [0.15, 0.2) is 5.43 Å². The normalized spacial score (nSPS) is 15.2. The van der Waals surface area contributed by atoms with E-state index in [4.69, 9.17) is 9.15 Å². The summed E-state index contributed by atoms with van der Waals surface area (Å²) in [5, 5.41) is 0.498. The molecule has 1 aliphatic rings. The van der Waals surface area contributed by atoms with Crippen LogP contribution < -0.4 is 5.43 Å². The van der Waals surface area contributed by atoms with Crippen LogP contribution in [0, 0.1) is 6.92 Å². The molecule has 1 atom stereocenters. The van der Waals surface area contributed by atoms with Gasteiger partial charge in [-0.05, 0) is 43.9 Å². The summed E-state index contributed by atoms with van der Waals surface area (Å²) in [5.41, 5.74) is 2.68. The molecule has 0 radical (unpaired) electrons. The SMILES string of the molecule is CCCC(=O)N(CC(=O)N(Cc1ccccc1)Cc1coc2ccc(C)cc2c1=O)CC1CCCO1. The van der Waals surface area contributed by atoms with Crippen molar-refractivity contribution < 1.29 is 18.7 Å². The maximum Gasteiger partial charge on any atom is 0.242 e. The fourth-order valence-corrected chi connectivity index (χ4v) is 4.56. The van der Waals surface area contributed by atoms with E-state index in [-0.39, 0.29) is 36.4 Å². The monoisotopic (exact) mass is 490 g/mol. The first-order chi connectivity index (χ1) is 17.4. The van der Waals surface area contributed by atoms with Crippen molar-refractivity contribution in [2.24, 2.45) is 0 Å². The van der Waals surface area contributed by atoms with Gasteiger partial charge in [-0.2, -0.15) is 0 Å². The molecule has 3 aromatic rings. The van der Waals surface area contributed by atoms with E-state index in [9.17, 15) is 14.4 Å². The summed E-state index contributed by atoms with van der Waals surface area (Å²) < 4.78 is 11.5. The number of carbonyl (C=O) groups is 2. The molecule has 0 spiro atoms. The van der Waals surface area contributed by atoms with Gasteiger partial charge >= 0.3 is 0 Å². The van der Waals surface area contributed by atoms with Crippen molar-refractivity contribution >= 4 is 22.8 Å². The highest BCUT2D eigenvalue weighted by Gasteiger charge is 2.26. The lowest BCUT2D eigenvalue weighted by atomic mass is 10.1. The highest BCUT2D eigenvalue weighted by atomic mass is 16.5. The van der Waals surface area contributed by atoms with Crippen molar-refractivity contribution in [2.75, 3.05) is 19.7 Å². The Hall–Kier alpha value is -3.45. The van der Waals surface area contributed by atoms with Gasteiger partial charge in [0.2, 0.25) is 11.8 Å². The predicted molar refractivity (Wildman–Crippen MR) is 138 cm³/mol. The molecule has 36 heavy (non-hydrogen) atoms.